The third kappa shape index (κ3) is 8.07. The number of hydrogen-bond donors (Lipinski definition) is 5. The van der Waals surface area contributed by atoms with Crippen molar-refractivity contribution in [3.8, 4) is 0 Å². The van der Waals surface area contributed by atoms with Crippen LogP contribution in [0.1, 0.15) is 0 Å². The van der Waals surface area contributed by atoms with E-state index >= 15 is 0 Å². The zero-order valence-corrected chi connectivity index (χ0v) is 7.81. The first-order valence-corrected chi connectivity index (χ1v) is 5.80. The van der Waals surface area contributed by atoms with E-state index < -0.39 is 28.1 Å². The Bertz CT molecular complexity index is 280. The van der Waals surface area contributed by atoms with Gasteiger partial charge in [0.05, 0.1) is 0 Å². The van der Waals surface area contributed by atoms with E-state index in [1.54, 1.807) is 0 Å². The molecule has 78 valence electrons. The van der Waals surface area contributed by atoms with Crippen LogP contribution in [0.25, 0.3) is 0 Å². The van der Waals surface area contributed by atoms with Crippen molar-refractivity contribution in [1.29, 1.82) is 0 Å². The molecule has 0 aliphatic heterocycles. The highest BCUT2D eigenvalue weighted by Crippen LogP contribution is 2.53. The van der Waals surface area contributed by atoms with Gasteiger partial charge in [0.1, 0.15) is 6.54 Å². The molecule has 0 bridgehead atoms. The van der Waals surface area contributed by atoms with Crippen LogP contribution in [-0.2, 0) is 18.2 Å². The maximum Gasteiger partial charge on any atom is 0.477 e. The van der Waals surface area contributed by atoms with Gasteiger partial charge < -0.3 is 19.8 Å². The van der Waals surface area contributed by atoms with E-state index in [-0.39, 0.29) is 0 Å². The van der Waals surface area contributed by atoms with Crippen molar-refractivity contribution >= 4 is 21.5 Å². The topological polar surface area (TPSA) is 153 Å². The molecule has 1 atom stereocenters. The van der Waals surface area contributed by atoms with Gasteiger partial charge >= 0.3 is 21.5 Å². The van der Waals surface area contributed by atoms with Gasteiger partial charge in [-0.05, 0) is 0 Å². The molecular weight excluding hydrogens is 228 g/mol. The molecule has 0 amide bonds. The first kappa shape index (κ1) is 12.7. The maximum atomic E-state index is 10.6. The van der Waals surface area contributed by atoms with Crippen molar-refractivity contribution in [2.24, 2.45) is 0 Å². The molecule has 0 aromatic heterocycles. The Morgan fingerprint density at radius 3 is 2.08 bits per heavy atom. The molecular formula is C2H7NO8P2. The fourth-order valence-electron chi connectivity index (χ4n) is 0.341. The Kier molecular flexibility index (Phi) is 4.21. The number of phosphoric acid groups is 1. The first-order valence-electron chi connectivity index (χ1n) is 2.69. The highest BCUT2D eigenvalue weighted by molar-refractivity contribution is 7.62. The summed E-state index contributed by atoms with van der Waals surface area (Å²) in [6.45, 7) is -0.951. The Labute approximate surface area is 72.2 Å². The molecule has 1 unspecified atom stereocenters. The average molecular weight is 235 g/mol. The molecule has 0 saturated carbocycles. The molecule has 0 radical (unpaired) electrons. The fraction of sp³-hybridized carbons (Fsp3) is 0.500. The van der Waals surface area contributed by atoms with Gasteiger partial charge in [-0.15, -0.1) is 0 Å². The molecule has 0 saturated heterocycles. The summed E-state index contributed by atoms with van der Waals surface area (Å²) >= 11 is 0. The smallest absolute Gasteiger partial charge is 0.477 e. The molecule has 0 aliphatic rings. The lowest BCUT2D eigenvalue weighted by atomic mass is 10.7. The summed E-state index contributed by atoms with van der Waals surface area (Å²) in [5, 5.41) is 9.44. The molecule has 0 aromatic carbocycles. The van der Waals surface area contributed by atoms with Gasteiger partial charge in [0, 0.05) is 0 Å². The molecule has 11 heteroatoms. The predicted octanol–water partition coefficient (Wildman–Crippen LogP) is -1.13. The zero-order valence-electron chi connectivity index (χ0n) is 6.02. The van der Waals surface area contributed by atoms with Crippen LogP contribution in [0.3, 0.4) is 0 Å². The monoisotopic (exact) mass is 235 g/mol. The Hall–Kier alpha value is -0.270. The Morgan fingerprint density at radius 2 is 1.77 bits per heavy atom. The van der Waals surface area contributed by atoms with E-state index in [0.717, 1.165) is 0 Å². The largest absolute Gasteiger partial charge is 0.480 e. The van der Waals surface area contributed by atoms with Gasteiger partial charge in [0.25, 0.3) is 0 Å². The predicted molar refractivity (Wildman–Crippen MR) is 38.6 cm³/mol. The van der Waals surface area contributed by atoms with Gasteiger partial charge in [-0.25, -0.2) is 14.2 Å². The third-order valence-electron chi connectivity index (χ3n) is 0.647. The summed E-state index contributed by atoms with van der Waals surface area (Å²) in [7, 11) is -9.88. The zero-order chi connectivity index (χ0) is 10.7. The molecule has 5 N–H and O–H groups in total. The normalized spacial score (nSPS) is 16.5. The van der Waals surface area contributed by atoms with E-state index in [9.17, 15) is 13.9 Å². The van der Waals surface area contributed by atoms with Crippen LogP contribution in [-0.4, -0.2) is 32.3 Å². The minimum absolute atomic E-state index is 0.951. The summed E-state index contributed by atoms with van der Waals surface area (Å²) in [6, 6.07) is 0. The maximum absolute atomic E-state index is 10.6. The van der Waals surface area contributed by atoms with Crippen molar-refractivity contribution in [3.63, 3.8) is 0 Å². The molecule has 9 nitrogen and oxygen atoms in total. The van der Waals surface area contributed by atoms with Crippen LogP contribution in [0.15, 0.2) is 0 Å². The minimum atomic E-state index is -5.12. The van der Waals surface area contributed by atoms with Crippen molar-refractivity contribution < 1.29 is 38.0 Å². The standard InChI is InChI=1S/C2H7NO8P2/c4-2(5)1-3-12(6,7)11-13(8,9)10/h1H2,(H,4,5)(H2,3,6,7)(H2,8,9,10). The van der Waals surface area contributed by atoms with Crippen LogP contribution >= 0.6 is 15.6 Å². The Morgan fingerprint density at radius 1 is 1.31 bits per heavy atom. The summed E-state index contributed by atoms with van der Waals surface area (Å²) in [5.74, 6) is -1.47. The van der Waals surface area contributed by atoms with Crippen LogP contribution in [0.4, 0.5) is 0 Å². The summed E-state index contributed by atoms with van der Waals surface area (Å²) in [6.07, 6.45) is 0. The van der Waals surface area contributed by atoms with Crippen LogP contribution in [0.5, 0.6) is 0 Å². The number of aliphatic carboxylic acids is 1. The molecule has 0 rings (SSSR count). The van der Waals surface area contributed by atoms with E-state index in [4.69, 9.17) is 19.8 Å². The van der Waals surface area contributed by atoms with Gasteiger partial charge in [-0.2, -0.15) is 4.31 Å². The highest BCUT2D eigenvalue weighted by Gasteiger charge is 2.30. The lowest BCUT2D eigenvalue weighted by molar-refractivity contribution is -0.135. The second-order valence-electron chi connectivity index (χ2n) is 1.82. The van der Waals surface area contributed by atoms with Gasteiger partial charge in [-0.1, -0.05) is 0 Å². The van der Waals surface area contributed by atoms with Gasteiger partial charge in [0.15, 0.2) is 0 Å². The van der Waals surface area contributed by atoms with Gasteiger partial charge in [-0.3, -0.25) is 4.79 Å². The van der Waals surface area contributed by atoms with Crippen molar-refractivity contribution in [2.75, 3.05) is 6.54 Å². The summed E-state index contributed by atoms with van der Waals surface area (Å²) < 4.78 is 24.0. The van der Waals surface area contributed by atoms with Crippen LogP contribution in [0.2, 0.25) is 0 Å². The number of rotatable bonds is 5. The summed E-state index contributed by atoms with van der Waals surface area (Å²) in [4.78, 5) is 34.6. The molecule has 0 aliphatic carbocycles. The number of carboxylic acids is 1. The molecule has 0 aromatic rings. The van der Waals surface area contributed by atoms with E-state index in [1.807, 2.05) is 0 Å². The molecule has 0 fully saturated rings. The third-order valence-corrected chi connectivity index (χ3v) is 2.94. The lowest BCUT2D eigenvalue weighted by Gasteiger charge is -2.11. The van der Waals surface area contributed by atoms with E-state index in [0.29, 0.717) is 0 Å². The van der Waals surface area contributed by atoms with E-state index in [1.165, 1.54) is 5.09 Å². The van der Waals surface area contributed by atoms with Gasteiger partial charge in [0.2, 0.25) is 0 Å². The second-order valence-corrected chi connectivity index (χ2v) is 4.81. The van der Waals surface area contributed by atoms with Crippen molar-refractivity contribution in [3.05, 3.63) is 0 Å². The van der Waals surface area contributed by atoms with Crippen LogP contribution in [0, 0.1) is 0 Å². The molecule has 0 heterocycles. The van der Waals surface area contributed by atoms with Crippen molar-refractivity contribution in [1.82, 2.24) is 5.09 Å². The van der Waals surface area contributed by atoms with Crippen LogP contribution < -0.4 is 5.09 Å². The Balaban J connectivity index is 4.18. The SMILES string of the molecule is O=C(O)CNP(=O)(O)OP(=O)(O)O. The average Bonchev–Trinajstić information content (AvgIpc) is 1.78. The van der Waals surface area contributed by atoms with Crippen molar-refractivity contribution in [2.45, 2.75) is 0 Å². The minimum Gasteiger partial charge on any atom is -0.480 e. The number of carboxylic acid groups (broad SMARTS) is 1. The highest BCUT2D eigenvalue weighted by atomic mass is 31.3. The molecule has 0 spiro atoms. The van der Waals surface area contributed by atoms with E-state index in [2.05, 4.69) is 4.31 Å². The number of hydrogen-bond acceptors (Lipinski definition) is 4. The summed E-state index contributed by atoms with van der Waals surface area (Å²) in [5.41, 5.74) is 0. The molecule has 13 heavy (non-hydrogen) atoms. The fourth-order valence-corrected chi connectivity index (χ4v) is 2.06. The number of nitrogens with one attached hydrogen (secondary N) is 1. The second kappa shape index (κ2) is 4.30. The lowest BCUT2D eigenvalue weighted by Crippen LogP contribution is -2.20. The number of carbonyl (C=O) groups is 1. The quantitative estimate of drug-likeness (QED) is 0.372. The first-order chi connectivity index (χ1) is 5.62.